The Morgan fingerprint density at radius 3 is 2.50 bits per heavy atom. The smallest absolute Gasteiger partial charge is 0.289 e. The van der Waals surface area contributed by atoms with Gasteiger partial charge in [-0.25, -0.2) is 4.21 Å². The zero-order valence-electron chi connectivity index (χ0n) is 9.73. The van der Waals surface area contributed by atoms with Crippen molar-refractivity contribution in [3.63, 3.8) is 0 Å². The summed E-state index contributed by atoms with van der Waals surface area (Å²) in [6.07, 6.45) is -1.43. The number of hydrogen-bond donors (Lipinski definition) is 1. The summed E-state index contributed by atoms with van der Waals surface area (Å²) in [4.78, 5) is 3.30. The van der Waals surface area contributed by atoms with Crippen molar-refractivity contribution < 1.29 is 17.4 Å². The van der Waals surface area contributed by atoms with E-state index in [-0.39, 0.29) is 0 Å². The lowest BCUT2D eigenvalue weighted by molar-refractivity contribution is -0.141. The van der Waals surface area contributed by atoms with Crippen LogP contribution in [0.5, 0.6) is 0 Å². The minimum atomic E-state index is -4.49. The SMILES string of the molecule is CC(c1ccc(C(F)(F)F)nc1)S(C)(=O)=NC=N. The molecule has 0 radical (unpaired) electrons. The molecule has 0 spiro atoms. The first-order valence-electron chi connectivity index (χ1n) is 4.90. The predicted octanol–water partition coefficient (Wildman–Crippen LogP) is 2.87. The summed E-state index contributed by atoms with van der Waals surface area (Å²) in [5, 5.41) is 6.19. The number of pyridine rings is 1. The molecule has 1 aromatic heterocycles. The first-order chi connectivity index (χ1) is 8.18. The van der Waals surface area contributed by atoms with Crippen LogP contribution in [0.15, 0.2) is 22.7 Å². The molecule has 1 heterocycles. The molecule has 0 amide bonds. The van der Waals surface area contributed by atoms with Gasteiger partial charge in [-0.1, -0.05) is 6.07 Å². The van der Waals surface area contributed by atoms with Gasteiger partial charge in [0.05, 0.1) is 15.0 Å². The highest BCUT2D eigenvalue weighted by molar-refractivity contribution is 7.93. The molecule has 2 atom stereocenters. The third kappa shape index (κ3) is 3.28. The zero-order chi connectivity index (χ0) is 14.0. The van der Waals surface area contributed by atoms with Crippen molar-refractivity contribution in [3.05, 3.63) is 29.6 Å². The zero-order valence-corrected chi connectivity index (χ0v) is 10.5. The molecule has 4 nitrogen and oxygen atoms in total. The van der Waals surface area contributed by atoms with E-state index in [0.29, 0.717) is 11.9 Å². The molecule has 0 bridgehead atoms. The fourth-order valence-corrected chi connectivity index (χ4v) is 2.30. The van der Waals surface area contributed by atoms with E-state index in [0.717, 1.165) is 12.3 Å². The second kappa shape index (κ2) is 5.05. The Hall–Kier alpha value is -1.44. The predicted molar refractivity (Wildman–Crippen MR) is 62.9 cm³/mol. The number of nitrogens with one attached hydrogen (secondary N) is 1. The van der Waals surface area contributed by atoms with Crippen LogP contribution < -0.4 is 0 Å². The highest BCUT2D eigenvalue weighted by Gasteiger charge is 2.32. The van der Waals surface area contributed by atoms with Crippen molar-refractivity contribution in [2.45, 2.75) is 18.3 Å². The summed E-state index contributed by atoms with van der Waals surface area (Å²) in [5.74, 6) is 0. The van der Waals surface area contributed by atoms with Crippen LogP contribution in [0.2, 0.25) is 0 Å². The molecule has 100 valence electrons. The van der Waals surface area contributed by atoms with Crippen molar-refractivity contribution in [2.24, 2.45) is 4.36 Å². The Kier molecular flexibility index (Phi) is 4.10. The van der Waals surface area contributed by atoms with Crippen molar-refractivity contribution in [3.8, 4) is 0 Å². The minimum absolute atomic E-state index is 0.390. The van der Waals surface area contributed by atoms with E-state index in [9.17, 15) is 17.4 Å². The molecular weight excluding hydrogens is 267 g/mol. The Balaban J connectivity index is 3.11. The lowest BCUT2D eigenvalue weighted by Gasteiger charge is -2.14. The molecule has 1 rings (SSSR count). The maximum Gasteiger partial charge on any atom is 0.433 e. The molecule has 1 aromatic rings. The van der Waals surface area contributed by atoms with Crippen LogP contribution in [-0.4, -0.2) is 21.8 Å². The second-order valence-electron chi connectivity index (χ2n) is 3.71. The fraction of sp³-hybridized carbons (Fsp3) is 0.400. The standard InChI is InChI=1S/C10H12F3N3OS/c1-7(18(2,17)16-6-14)8-3-4-9(15-5-8)10(11,12)13/h3-7,14H,1-2H3. The van der Waals surface area contributed by atoms with E-state index in [1.54, 1.807) is 6.92 Å². The molecule has 0 aliphatic carbocycles. The van der Waals surface area contributed by atoms with Gasteiger partial charge >= 0.3 is 6.18 Å². The minimum Gasteiger partial charge on any atom is -0.289 e. The number of alkyl halides is 3. The molecule has 0 saturated carbocycles. The topological polar surface area (TPSA) is 66.2 Å². The molecule has 18 heavy (non-hydrogen) atoms. The summed E-state index contributed by atoms with van der Waals surface area (Å²) in [7, 11) is -2.70. The maximum atomic E-state index is 12.3. The van der Waals surface area contributed by atoms with E-state index in [4.69, 9.17) is 5.41 Å². The summed E-state index contributed by atoms with van der Waals surface area (Å²) >= 11 is 0. The Morgan fingerprint density at radius 2 is 2.11 bits per heavy atom. The van der Waals surface area contributed by atoms with Gasteiger partial charge in [-0.15, -0.1) is 0 Å². The van der Waals surface area contributed by atoms with Crippen LogP contribution in [0.25, 0.3) is 0 Å². The average molecular weight is 279 g/mol. The first kappa shape index (κ1) is 14.6. The Labute approximate surface area is 103 Å². The van der Waals surface area contributed by atoms with Crippen LogP contribution in [0, 0.1) is 5.41 Å². The molecule has 1 N–H and O–H groups in total. The molecular formula is C10H12F3N3OS. The van der Waals surface area contributed by atoms with Crippen LogP contribution in [0.1, 0.15) is 23.4 Å². The number of nitrogens with zero attached hydrogens (tertiary/aromatic N) is 2. The first-order valence-corrected chi connectivity index (χ1v) is 6.89. The third-order valence-electron chi connectivity index (χ3n) is 2.46. The Bertz CT molecular complexity index is 544. The van der Waals surface area contributed by atoms with E-state index in [1.807, 2.05) is 0 Å². The number of halogens is 3. The van der Waals surface area contributed by atoms with Gasteiger partial charge in [0, 0.05) is 12.5 Å². The van der Waals surface area contributed by atoms with Gasteiger partial charge < -0.3 is 0 Å². The molecule has 0 saturated heterocycles. The molecule has 2 unspecified atom stereocenters. The molecule has 0 aliphatic rings. The van der Waals surface area contributed by atoms with Crippen LogP contribution >= 0.6 is 0 Å². The summed E-state index contributed by atoms with van der Waals surface area (Å²) in [6.45, 7) is 1.57. The lowest BCUT2D eigenvalue weighted by atomic mass is 10.2. The number of aromatic nitrogens is 1. The third-order valence-corrected chi connectivity index (χ3v) is 4.57. The van der Waals surface area contributed by atoms with Crippen molar-refractivity contribution in [1.82, 2.24) is 4.98 Å². The van der Waals surface area contributed by atoms with Crippen LogP contribution in [0.4, 0.5) is 13.2 Å². The average Bonchev–Trinajstić information content (AvgIpc) is 2.27. The van der Waals surface area contributed by atoms with Crippen LogP contribution in [-0.2, 0) is 15.9 Å². The van der Waals surface area contributed by atoms with Gasteiger partial charge in [-0.05, 0) is 18.6 Å². The second-order valence-corrected chi connectivity index (χ2v) is 6.35. The quantitative estimate of drug-likeness (QED) is 0.683. The summed E-state index contributed by atoms with van der Waals surface area (Å²) < 4.78 is 52.4. The maximum absolute atomic E-state index is 12.3. The highest BCUT2D eigenvalue weighted by atomic mass is 32.2. The Morgan fingerprint density at radius 1 is 1.50 bits per heavy atom. The highest BCUT2D eigenvalue weighted by Crippen LogP contribution is 2.29. The van der Waals surface area contributed by atoms with Gasteiger partial charge in [0.1, 0.15) is 12.0 Å². The van der Waals surface area contributed by atoms with Crippen molar-refractivity contribution >= 4 is 16.1 Å². The molecule has 8 heteroatoms. The van der Waals surface area contributed by atoms with Gasteiger partial charge in [-0.2, -0.15) is 17.5 Å². The largest absolute Gasteiger partial charge is 0.433 e. The number of hydrogen-bond acceptors (Lipinski definition) is 3. The molecule has 0 fully saturated rings. The molecule has 0 aliphatic heterocycles. The van der Waals surface area contributed by atoms with Gasteiger partial charge in [-0.3, -0.25) is 10.4 Å². The molecule has 0 aromatic carbocycles. The lowest BCUT2D eigenvalue weighted by Crippen LogP contribution is -2.11. The van der Waals surface area contributed by atoms with E-state index >= 15 is 0 Å². The monoisotopic (exact) mass is 279 g/mol. The van der Waals surface area contributed by atoms with Crippen molar-refractivity contribution in [1.29, 1.82) is 5.41 Å². The van der Waals surface area contributed by atoms with Crippen molar-refractivity contribution in [2.75, 3.05) is 6.26 Å². The number of rotatable bonds is 3. The van der Waals surface area contributed by atoms with E-state index in [2.05, 4.69) is 9.35 Å². The summed E-state index contributed by atoms with van der Waals surface area (Å²) in [5.41, 5.74) is -0.605. The summed E-state index contributed by atoms with van der Waals surface area (Å²) in [6, 6.07) is 2.06. The van der Waals surface area contributed by atoms with Gasteiger partial charge in [0.25, 0.3) is 0 Å². The van der Waals surface area contributed by atoms with E-state index < -0.39 is 26.8 Å². The normalized spacial score (nSPS) is 16.7. The van der Waals surface area contributed by atoms with Gasteiger partial charge in [0.2, 0.25) is 0 Å². The van der Waals surface area contributed by atoms with Crippen LogP contribution in [0.3, 0.4) is 0 Å². The van der Waals surface area contributed by atoms with E-state index in [1.165, 1.54) is 12.3 Å². The fourth-order valence-electron chi connectivity index (χ4n) is 1.26. The van der Waals surface area contributed by atoms with Gasteiger partial charge in [0.15, 0.2) is 0 Å².